The van der Waals surface area contributed by atoms with Crippen LogP contribution in [0.25, 0.3) is 0 Å². The summed E-state index contributed by atoms with van der Waals surface area (Å²) in [5.74, 6) is 0.793. The Bertz CT molecular complexity index is 146. The highest BCUT2D eigenvalue weighted by Crippen LogP contribution is 2.31. The van der Waals surface area contributed by atoms with Gasteiger partial charge in [-0.3, -0.25) is 4.79 Å². The third kappa shape index (κ3) is 2.50. The molecule has 0 spiro atoms. The third-order valence-corrected chi connectivity index (χ3v) is 2.23. The lowest BCUT2D eigenvalue weighted by molar-refractivity contribution is -0.132. The maximum absolute atomic E-state index is 11.6. The Balaban J connectivity index is 2.33. The summed E-state index contributed by atoms with van der Waals surface area (Å²) in [6, 6.07) is 0. The molecule has 1 saturated carbocycles. The first kappa shape index (κ1) is 9.56. The van der Waals surface area contributed by atoms with Crippen molar-refractivity contribution < 1.29 is 4.79 Å². The molecule has 1 aliphatic rings. The van der Waals surface area contributed by atoms with E-state index >= 15 is 0 Å². The fourth-order valence-electron chi connectivity index (χ4n) is 1.46. The Morgan fingerprint density at radius 1 is 1.25 bits per heavy atom. The quantitative estimate of drug-likeness (QED) is 0.616. The molecule has 0 aromatic heterocycles. The second-order valence-corrected chi connectivity index (χ2v) is 3.60. The largest absolute Gasteiger partial charge is 0.342 e. The van der Waals surface area contributed by atoms with Crippen LogP contribution in [0.1, 0.15) is 39.5 Å². The molecule has 0 N–H and O–H groups in total. The Morgan fingerprint density at radius 2 is 1.75 bits per heavy atom. The van der Waals surface area contributed by atoms with Crippen molar-refractivity contribution in [1.82, 2.24) is 4.90 Å². The Labute approximate surface area is 74.9 Å². The molecule has 0 aliphatic heterocycles. The topological polar surface area (TPSA) is 20.3 Å². The molecular weight excluding hydrogens is 150 g/mol. The molecule has 0 unspecified atom stereocenters. The van der Waals surface area contributed by atoms with Crippen LogP contribution in [0.15, 0.2) is 0 Å². The van der Waals surface area contributed by atoms with Gasteiger partial charge in [-0.25, -0.2) is 0 Å². The molecule has 2 heteroatoms. The van der Waals surface area contributed by atoms with E-state index in [2.05, 4.69) is 13.8 Å². The summed E-state index contributed by atoms with van der Waals surface area (Å²) in [6.07, 6.45) is 4.42. The molecule has 1 amide bonds. The van der Waals surface area contributed by atoms with Crippen molar-refractivity contribution >= 4 is 5.91 Å². The lowest BCUT2D eigenvalue weighted by atomic mass is 10.3. The number of carbonyl (C=O) groups is 1. The summed E-state index contributed by atoms with van der Waals surface area (Å²) < 4.78 is 0. The second kappa shape index (κ2) is 4.48. The van der Waals surface area contributed by atoms with Crippen LogP contribution in [0.3, 0.4) is 0 Å². The zero-order valence-corrected chi connectivity index (χ0v) is 8.18. The van der Waals surface area contributed by atoms with Gasteiger partial charge in [0.05, 0.1) is 0 Å². The molecule has 0 aromatic carbocycles. The van der Waals surface area contributed by atoms with E-state index in [1.807, 2.05) is 4.90 Å². The summed E-state index contributed by atoms with van der Waals surface area (Å²) in [6.45, 7) is 6.15. The fraction of sp³-hybridized carbons (Fsp3) is 0.900. The monoisotopic (exact) mass is 169 g/mol. The van der Waals surface area contributed by atoms with Crippen LogP contribution in [0.4, 0.5) is 0 Å². The molecular formula is C10H19NO. The van der Waals surface area contributed by atoms with Crippen molar-refractivity contribution in [1.29, 1.82) is 0 Å². The molecule has 1 aliphatic carbocycles. The van der Waals surface area contributed by atoms with Gasteiger partial charge < -0.3 is 4.90 Å². The summed E-state index contributed by atoms with van der Waals surface area (Å²) in [5.41, 5.74) is 0. The molecule has 70 valence electrons. The Morgan fingerprint density at radius 3 is 2.08 bits per heavy atom. The van der Waals surface area contributed by atoms with E-state index < -0.39 is 0 Å². The van der Waals surface area contributed by atoms with Crippen molar-refractivity contribution in [2.45, 2.75) is 39.5 Å². The first-order valence-corrected chi connectivity index (χ1v) is 5.08. The normalized spacial score (nSPS) is 16.2. The molecule has 0 atom stereocenters. The summed E-state index contributed by atoms with van der Waals surface area (Å²) in [7, 11) is 0. The van der Waals surface area contributed by atoms with E-state index in [0.717, 1.165) is 38.8 Å². The van der Waals surface area contributed by atoms with Crippen molar-refractivity contribution in [3.8, 4) is 0 Å². The van der Waals surface area contributed by atoms with Crippen LogP contribution in [-0.4, -0.2) is 23.9 Å². The number of amides is 1. The van der Waals surface area contributed by atoms with Crippen LogP contribution in [0, 0.1) is 5.92 Å². The predicted molar refractivity (Wildman–Crippen MR) is 49.9 cm³/mol. The maximum atomic E-state index is 11.6. The molecule has 0 saturated heterocycles. The van der Waals surface area contributed by atoms with Gasteiger partial charge in [-0.2, -0.15) is 0 Å². The van der Waals surface area contributed by atoms with Gasteiger partial charge in [-0.15, -0.1) is 0 Å². The van der Waals surface area contributed by atoms with Gasteiger partial charge in [-0.05, 0) is 25.7 Å². The molecule has 0 bridgehead atoms. The van der Waals surface area contributed by atoms with Gasteiger partial charge in [0.1, 0.15) is 0 Å². The molecule has 0 radical (unpaired) electrons. The average molecular weight is 169 g/mol. The van der Waals surface area contributed by atoms with Crippen LogP contribution >= 0.6 is 0 Å². The predicted octanol–water partition coefficient (Wildman–Crippen LogP) is 2.04. The highest BCUT2D eigenvalue weighted by atomic mass is 16.2. The van der Waals surface area contributed by atoms with Gasteiger partial charge in [0, 0.05) is 19.0 Å². The van der Waals surface area contributed by atoms with Crippen molar-refractivity contribution in [2.24, 2.45) is 5.92 Å². The summed E-state index contributed by atoms with van der Waals surface area (Å²) >= 11 is 0. The lowest BCUT2D eigenvalue weighted by Crippen LogP contribution is -2.33. The standard InChI is InChI=1S/C10H19NO/c1-3-7-11(8-4-2)10(12)9-5-6-9/h9H,3-8H2,1-2H3. The molecule has 12 heavy (non-hydrogen) atoms. The molecule has 1 fully saturated rings. The number of rotatable bonds is 5. The van der Waals surface area contributed by atoms with E-state index in [0.29, 0.717) is 11.8 Å². The van der Waals surface area contributed by atoms with Gasteiger partial charge in [0.2, 0.25) is 5.91 Å². The Kier molecular flexibility index (Phi) is 3.57. The first-order chi connectivity index (χ1) is 5.79. The molecule has 0 aromatic rings. The summed E-state index contributed by atoms with van der Waals surface area (Å²) in [4.78, 5) is 13.6. The minimum absolute atomic E-state index is 0.392. The van der Waals surface area contributed by atoms with Crippen molar-refractivity contribution in [3.05, 3.63) is 0 Å². The van der Waals surface area contributed by atoms with E-state index in [4.69, 9.17) is 0 Å². The highest BCUT2D eigenvalue weighted by Gasteiger charge is 2.32. The average Bonchev–Trinajstić information content (AvgIpc) is 2.85. The van der Waals surface area contributed by atoms with E-state index in [-0.39, 0.29) is 0 Å². The minimum atomic E-state index is 0.392. The van der Waals surface area contributed by atoms with Crippen LogP contribution in [0.2, 0.25) is 0 Å². The second-order valence-electron chi connectivity index (χ2n) is 3.60. The van der Waals surface area contributed by atoms with Gasteiger partial charge in [0.25, 0.3) is 0 Å². The lowest BCUT2D eigenvalue weighted by Gasteiger charge is -2.21. The number of hydrogen-bond donors (Lipinski definition) is 0. The smallest absolute Gasteiger partial charge is 0.225 e. The molecule has 0 heterocycles. The van der Waals surface area contributed by atoms with Crippen molar-refractivity contribution in [2.75, 3.05) is 13.1 Å². The molecule has 1 rings (SSSR count). The van der Waals surface area contributed by atoms with Crippen LogP contribution in [-0.2, 0) is 4.79 Å². The van der Waals surface area contributed by atoms with E-state index in [1.54, 1.807) is 0 Å². The number of nitrogens with zero attached hydrogens (tertiary/aromatic N) is 1. The van der Waals surface area contributed by atoms with E-state index in [9.17, 15) is 4.79 Å². The maximum Gasteiger partial charge on any atom is 0.225 e. The van der Waals surface area contributed by atoms with Crippen LogP contribution in [0.5, 0.6) is 0 Å². The first-order valence-electron chi connectivity index (χ1n) is 5.08. The van der Waals surface area contributed by atoms with Gasteiger partial charge in [0.15, 0.2) is 0 Å². The number of carbonyl (C=O) groups excluding carboxylic acids is 1. The third-order valence-electron chi connectivity index (χ3n) is 2.23. The molecule has 2 nitrogen and oxygen atoms in total. The van der Waals surface area contributed by atoms with Gasteiger partial charge >= 0.3 is 0 Å². The minimum Gasteiger partial charge on any atom is -0.342 e. The van der Waals surface area contributed by atoms with E-state index in [1.165, 1.54) is 0 Å². The van der Waals surface area contributed by atoms with Crippen molar-refractivity contribution in [3.63, 3.8) is 0 Å². The fourth-order valence-corrected chi connectivity index (χ4v) is 1.46. The van der Waals surface area contributed by atoms with Crippen LogP contribution < -0.4 is 0 Å². The number of hydrogen-bond acceptors (Lipinski definition) is 1. The highest BCUT2D eigenvalue weighted by molar-refractivity contribution is 5.80. The zero-order chi connectivity index (χ0) is 8.97. The Hall–Kier alpha value is -0.530. The van der Waals surface area contributed by atoms with Gasteiger partial charge in [-0.1, -0.05) is 13.8 Å². The summed E-state index contributed by atoms with van der Waals surface area (Å²) in [5, 5.41) is 0. The SMILES string of the molecule is CCCN(CCC)C(=O)C1CC1. The zero-order valence-electron chi connectivity index (χ0n) is 8.18.